The van der Waals surface area contributed by atoms with Crippen molar-refractivity contribution in [3.63, 3.8) is 0 Å². The summed E-state index contributed by atoms with van der Waals surface area (Å²) in [5.41, 5.74) is 1.31. The van der Waals surface area contributed by atoms with Gasteiger partial charge in [-0.2, -0.15) is 4.31 Å². The molecule has 2 heterocycles. The van der Waals surface area contributed by atoms with E-state index in [4.69, 9.17) is 9.47 Å². The number of piperazine rings is 1. The normalized spacial score (nSPS) is 16.8. The maximum absolute atomic E-state index is 12.9. The Morgan fingerprint density at radius 3 is 2.43 bits per heavy atom. The molecule has 11 heteroatoms. The zero-order valence-corrected chi connectivity index (χ0v) is 17.9. The van der Waals surface area contributed by atoms with Gasteiger partial charge in [-0.05, 0) is 30.7 Å². The third kappa shape index (κ3) is 4.36. The van der Waals surface area contributed by atoms with Crippen LogP contribution < -0.4 is 21.9 Å². The SMILES string of the molecule is Cc1ccc(S(=O)(=O)N2CCN(Cc3ccc4c(c3)OCO4)CC2)cc1[N+](=O)[O-].[Cl-]. The monoisotopic (exact) mass is 454 g/mol. The molecule has 0 radical (unpaired) electrons. The van der Waals surface area contributed by atoms with E-state index < -0.39 is 14.9 Å². The molecule has 0 aromatic heterocycles. The smallest absolute Gasteiger partial charge is 0.273 e. The predicted molar refractivity (Wildman–Crippen MR) is 104 cm³/mol. The van der Waals surface area contributed by atoms with E-state index in [9.17, 15) is 18.5 Å². The van der Waals surface area contributed by atoms with Crippen LogP contribution >= 0.6 is 0 Å². The number of fused-ring (bicyclic) bond motifs is 1. The Morgan fingerprint density at radius 2 is 1.73 bits per heavy atom. The Bertz CT molecular complexity index is 1050. The van der Waals surface area contributed by atoms with Crippen LogP contribution in [0.5, 0.6) is 11.5 Å². The highest BCUT2D eigenvalue weighted by molar-refractivity contribution is 7.89. The van der Waals surface area contributed by atoms with Gasteiger partial charge in [-0.3, -0.25) is 15.0 Å². The molecule has 30 heavy (non-hydrogen) atoms. The number of nitrogens with zero attached hydrogens (tertiary/aromatic N) is 3. The molecule has 0 aliphatic carbocycles. The number of hydrogen-bond donors (Lipinski definition) is 0. The Morgan fingerprint density at radius 1 is 1.03 bits per heavy atom. The van der Waals surface area contributed by atoms with Gasteiger partial charge in [-0.1, -0.05) is 12.1 Å². The second kappa shape index (κ2) is 8.76. The minimum Gasteiger partial charge on any atom is -1.00 e. The molecule has 0 spiro atoms. The number of halogens is 1. The second-order valence-corrected chi connectivity index (χ2v) is 9.01. The van der Waals surface area contributed by atoms with Crippen molar-refractivity contribution >= 4 is 15.7 Å². The van der Waals surface area contributed by atoms with Crippen LogP contribution in [0.15, 0.2) is 41.3 Å². The van der Waals surface area contributed by atoms with Crippen LogP contribution in [0.1, 0.15) is 11.1 Å². The molecule has 0 amide bonds. The average molecular weight is 455 g/mol. The van der Waals surface area contributed by atoms with Crippen molar-refractivity contribution in [2.75, 3.05) is 33.0 Å². The number of benzene rings is 2. The minimum absolute atomic E-state index is 0. The number of ether oxygens (including phenoxy) is 2. The van der Waals surface area contributed by atoms with E-state index >= 15 is 0 Å². The quantitative estimate of drug-likeness (QED) is 0.428. The van der Waals surface area contributed by atoms with Crippen molar-refractivity contribution in [3.8, 4) is 11.5 Å². The molecule has 0 unspecified atom stereocenters. The summed E-state index contributed by atoms with van der Waals surface area (Å²) in [5.74, 6) is 1.46. The molecule has 2 aliphatic heterocycles. The molecule has 4 rings (SSSR count). The first-order valence-corrected chi connectivity index (χ1v) is 10.6. The fourth-order valence-electron chi connectivity index (χ4n) is 3.52. The molecule has 1 saturated heterocycles. The van der Waals surface area contributed by atoms with Crippen LogP contribution in [0, 0.1) is 17.0 Å². The maximum atomic E-state index is 12.9. The van der Waals surface area contributed by atoms with Crippen LogP contribution in [0.2, 0.25) is 0 Å². The zero-order chi connectivity index (χ0) is 20.6. The van der Waals surface area contributed by atoms with Crippen molar-refractivity contribution in [2.24, 2.45) is 0 Å². The number of hydrogen-bond acceptors (Lipinski definition) is 7. The first-order valence-electron chi connectivity index (χ1n) is 9.21. The summed E-state index contributed by atoms with van der Waals surface area (Å²) < 4.78 is 37.9. The molecule has 162 valence electrons. The third-order valence-corrected chi connectivity index (χ3v) is 7.08. The Labute approximate surface area is 180 Å². The van der Waals surface area contributed by atoms with Gasteiger partial charge in [0.1, 0.15) is 0 Å². The molecule has 2 aliphatic rings. The van der Waals surface area contributed by atoms with Gasteiger partial charge in [0.25, 0.3) is 5.69 Å². The van der Waals surface area contributed by atoms with Gasteiger partial charge < -0.3 is 21.9 Å². The van der Waals surface area contributed by atoms with Crippen molar-refractivity contribution in [2.45, 2.75) is 18.4 Å². The molecule has 9 nitrogen and oxygen atoms in total. The fraction of sp³-hybridized carbons (Fsp3) is 0.368. The van der Waals surface area contributed by atoms with Crippen molar-refractivity contribution in [3.05, 3.63) is 57.6 Å². The highest BCUT2D eigenvalue weighted by atomic mass is 35.5. The van der Waals surface area contributed by atoms with E-state index in [1.165, 1.54) is 16.4 Å². The number of aryl methyl sites for hydroxylation is 1. The molecule has 0 bridgehead atoms. The number of rotatable bonds is 5. The third-order valence-electron chi connectivity index (χ3n) is 5.19. The van der Waals surface area contributed by atoms with Gasteiger partial charge in [0, 0.05) is 44.4 Å². The van der Waals surface area contributed by atoms with Crippen LogP contribution in [0.4, 0.5) is 5.69 Å². The molecule has 2 aromatic carbocycles. The lowest BCUT2D eigenvalue weighted by molar-refractivity contribution is -0.385. The largest absolute Gasteiger partial charge is 1.00 e. The molecular weight excluding hydrogens is 434 g/mol. The molecule has 0 N–H and O–H groups in total. The van der Waals surface area contributed by atoms with Gasteiger partial charge >= 0.3 is 0 Å². The van der Waals surface area contributed by atoms with Gasteiger partial charge in [0.15, 0.2) is 11.5 Å². The molecule has 1 fully saturated rings. The van der Waals surface area contributed by atoms with Crippen molar-refractivity contribution < 1.29 is 35.2 Å². The molecular formula is C19H21ClN3O6S-. The van der Waals surface area contributed by atoms with Crippen molar-refractivity contribution in [1.29, 1.82) is 0 Å². The summed E-state index contributed by atoms with van der Waals surface area (Å²) in [7, 11) is -3.77. The summed E-state index contributed by atoms with van der Waals surface area (Å²) in [4.78, 5) is 12.7. The van der Waals surface area contributed by atoms with E-state index in [0.717, 1.165) is 23.1 Å². The van der Waals surface area contributed by atoms with Gasteiger partial charge in [0.2, 0.25) is 16.8 Å². The minimum atomic E-state index is -3.77. The number of nitro benzene ring substituents is 1. The predicted octanol–water partition coefficient (Wildman–Crippen LogP) is -0.858. The Kier molecular flexibility index (Phi) is 6.51. The average Bonchev–Trinajstić information content (AvgIpc) is 3.16. The maximum Gasteiger partial charge on any atom is 0.273 e. The molecule has 0 atom stereocenters. The van der Waals surface area contributed by atoms with Crippen LogP contribution in [0.25, 0.3) is 0 Å². The van der Waals surface area contributed by atoms with E-state index in [-0.39, 0.29) is 29.8 Å². The highest BCUT2D eigenvalue weighted by Crippen LogP contribution is 2.33. The lowest BCUT2D eigenvalue weighted by Crippen LogP contribution is -3.00. The van der Waals surface area contributed by atoms with Crippen molar-refractivity contribution in [1.82, 2.24) is 9.21 Å². The summed E-state index contributed by atoms with van der Waals surface area (Å²) in [6.07, 6.45) is 0. The molecule has 0 saturated carbocycles. The standard InChI is InChI=1S/C19H21N3O6S.ClH/c1-14-2-4-16(11-17(14)22(23)24)29(25,26)21-8-6-20(7-9-21)12-15-3-5-18-19(10-15)28-13-27-18;/h2-5,10-11H,6-9,12-13H2,1H3;1H/p-1. The number of sulfonamides is 1. The highest BCUT2D eigenvalue weighted by Gasteiger charge is 2.30. The fourth-order valence-corrected chi connectivity index (χ4v) is 4.96. The van der Waals surface area contributed by atoms with E-state index in [0.29, 0.717) is 38.3 Å². The lowest BCUT2D eigenvalue weighted by Gasteiger charge is -2.34. The second-order valence-electron chi connectivity index (χ2n) is 7.07. The first kappa shape index (κ1) is 22.3. The molecule has 2 aromatic rings. The summed E-state index contributed by atoms with van der Waals surface area (Å²) >= 11 is 0. The lowest BCUT2D eigenvalue weighted by atomic mass is 10.2. The zero-order valence-electron chi connectivity index (χ0n) is 16.3. The van der Waals surface area contributed by atoms with Crippen LogP contribution in [-0.2, 0) is 16.6 Å². The van der Waals surface area contributed by atoms with Crippen LogP contribution in [0.3, 0.4) is 0 Å². The first-order chi connectivity index (χ1) is 13.8. The summed E-state index contributed by atoms with van der Waals surface area (Å²) in [6, 6.07) is 9.84. The van der Waals surface area contributed by atoms with Gasteiger partial charge in [-0.25, -0.2) is 8.42 Å². The van der Waals surface area contributed by atoms with Crippen LogP contribution in [-0.4, -0.2) is 55.5 Å². The number of nitro groups is 1. The summed E-state index contributed by atoms with van der Waals surface area (Å²) in [5, 5.41) is 11.1. The Balaban J connectivity index is 0.00000256. The van der Waals surface area contributed by atoms with E-state index in [2.05, 4.69) is 4.90 Å². The van der Waals surface area contributed by atoms with E-state index in [1.54, 1.807) is 6.92 Å². The van der Waals surface area contributed by atoms with Gasteiger partial charge in [-0.15, -0.1) is 0 Å². The van der Waals surface area contributed by atoms with E-state index in [1.807, 2.05) is 18.2 Å². The Hall–Kier alpha value is -2.40. The van der Waals surface area contributed by atoms with Gasteiger partial charge in [0.05, 0.1) is 9.82 Å². The topological polar surface area (TPSA) is 102 Å². The summed E-state index contributed by atoms with van der Waals surface area (Å²) in [6.45, 7) is 4.29.